The largest absolute Gasteiger partial charge is 0.392 e. The van der Waals surface area contributed by atoms with E-state index in [4.69, 9.17) is 18.0 Å². The summed E-state index contributed by atoms with van der Waals surface area (Å²) in [5.74, 6) is 0.970. The molecule has 0 radical (unpaired) electrons. The van der Waals surface area contributed by atoms with Crippen molar-refractivity contribution < 1.29 is 4.79 Å². The zero-order valence-electron chi connectivity index (χ0n) is 13.2. The van der Waals surface area contributed by atoms with Gasteiger partial charge in [0.05, 0.1) is 11.0 Å². The van der Waals surface area contributed by atoms with Gasteiger partial charge in [-0.25, -0.2) is 0 Å². The Balaban J connectivity index is 1.76. The minimum Gasteiger partial charge on any atom is -0.392 e. The summed E-state index contributed by atoms with van der Waals surface area (Å²) in [6.07, 6.45) is 8.54. The van der Waals surface area contributed by atoms with Crippen LogP contribution in [-0.2, 0) is 4.79 Å². The number of piperazine rings is 1. The molecule has 2 rings (SSSR count). The van der Waals surface area contributed by atoms with Crippen LogP contribution in [-0.4, -0.2) is 52.9 Å². The van der Waals surface area contributed by atoms with Crippen molar-refractivity contribution in [3.05, 3.63) is 0 Å². The molecule has 2 fully saturated rings. The van der Waals surface area contributed by atoms with Crippen molar-refractivity contribution in [2.75, 3.05) is 26.2 Å². The molecule has 2 N–H and O–H groups in total. The molecule has 0 bridgehead atoms. The van der Waals surface area contributed by atoms with Gasteiger partial charge in [0.1, 0.15) is 0 Å². The Morgan fingerprint density at radius 1 is 1.14 bits per heavy atom. The Hall–Kier alpha value is -0.680. The van der Waals surface area contributed by atoms with Crippen LogP contribution in [0.25, 0.3) is 0 Å². The van der Waals surface area contributed by atoms with Gasteiger partial charge in [0, 0.05) is 32.6 Å². The van der Waals surface area contributed by atoms with Crippen molar-refractivity contribution in [1.82, 2.24) is 9.80 Å². The van der Waals surface area contributed by atoms with E-state index in [2.05, 4.69) is 4.90 Å². The zero-order valence-corrected chi connectivity index (χ0v) is 14.0. The Morgan fingerprint density at radius 2 is 1.71 bits per heavy atom. The summed E-state index contributed by atoms with van der Waals surface area (Å²) in [6.45, 7) is 5.45. The first-order valence-electron chi connectivity index (χ1n) is 8.39. The molecule has 1 heterocycles. The number of rotatable bonds is 4. The van der Waals surface area contributed by atoms with Gasteiger partial charge in [-0.15, -0.1) is 0 Å². The maximum absolute atomic E-state index is 12.4. The van der Waals surface area contributed by atoms with E-state index in [1.54, 1.807) is 0 Å². The van der Waals surface area contributed by atoms with Crippen molar-refractivity contribution in [2.24, 2.45) is 11.7 Å². The normalized spacial score (nSPS) is 23.6. The summed E-state index contributed by atoms with van der Waals surface area (Å²) in [4.78, 5) is 17.3. The first-order chi connectivity index (χ1) is 10.1. The number of amides is 1. The van der Waals surface area contributed by atoms with Gasteiger partial charge in [-0.1, -0.05) is 37.9 Å². The predicted octanol–water partition coefficient (Wildman–Crippen LogP) is 2.17. The number of carbonyl (C=O) groups excluding carboxylic acids is 1. The minimum atomic E-state index is 0.138. The summed E-state index contributed by atoms with van der Waals surface area (Å²) in [7, 11) is 0. The molecule has 1 aliphatic carbocycles. The van der Waals surface area contributed by atoms with Gasteiger partial charge < -0.3 is 10.6 Å². The van der Waals surface area contributed by atoms with E-state index in [1.165, 1.54) is 38.5 Å². The second-order valence-electron chi connectivity index (χ2n) is 6.56. The lowest BCUT2D eigenvalue weighted by Gasteiger charge is -2.38. The highest BCUT2D eigenvalue weighted by Crippen LogP contribution is 2.26. The van der Waals surface area contributed by atoms with E-state index >= 15 is 0 Å². The molecule has 0 aromatic rings. The number of carbonyl (C=O) groups is 1. The summed E-state index contributed by atoms with van der Waals surface area (Å²) in [5.41, 5.74) is 5.71. The van der Waals surface area contributed by atoms with Gasteiger partial charge >= 0.3 is 0 Å². The molecular weight excluding hydrogens is 282 g/mol. The Kier molecular flexibility index (Phi) is 6.42. The molecule has 0 aromatic carbocycles. The van der Waals surface area contributed by atoms with Crippen LogP contribution in [0, 0.1) is 5.92 Å². The van der Waals surface area contributed by atoms with E-state index in [0.29, 0.717) is 16.8 Å². The lowest BCUT2D eigenvalue weighted by molar-refractivity contribution is -0.134. The highest BCUT2D eigenvalue weighted by Gasteiger charge is 2.26. The van der Waals surface area contributed by atoms with E-state index in [-0.39, 0.29) is 6.04 Å². The van der Waals surface area contributed by atoms with Gasteiger partial charge in [0.2, 0.25) is 5.91 Å². The molecule has 2 aliphatic rings. The topological polar surface area (TPSA) is 49.6 Å². The van der Waals surface area contributed by atoms with Gasteiger partial charge in [-0.3, -0.25) is 9.69 Å². The molecule has 1 unspecified atom stereocenters. The molecule has 0 aromatic heterocycles. The van der Waals surface area contributed by atoms with Crippen LogP contribution in [0.4, 0.5) is 0 Å². The molecule has 1 saturated carbocycles. The molecule has 21 heavy (non-hydrogen) atoms. The van der Waals surface area contributed by atoms with Crippen molar-refractivity contribution in [2.45, 2.75) is 57.9 Å². The van der Waals surface area contributed by atoms with Crippen molar-refractivity contribution in [1.29, 1.82) is 0 Å². The second-order valence-corrected chi connectivity index (χ2v) is 7.03. The summed E-state index contributed by atoms with van der Waals surface area (Å²) in [6, 6.07) is 0.138. The highest BCUT2D eigenvalue weighted by atomic mass is 32.1. The first kappa shape index (κ1) is 16.7. The van der Waals surface area contributed by atoms with Crippen LogP contribution in [0.3, 0.4) is 0 Å². The van der Waals surface area contributed by atoms with Crippen LogP contribution >= 0.6 is 12.2 Å². The first-order valence-corrected chi connectivity index (χ1v) is 8.80. The molecule has 4 nitrogen and oxygen atoms in total. The molecule has 1 atom stereocenters. The number of nitrogens with two attached hydrogens (primary N) is 1. The molecule has 1 aliphatic heterocycles. The molecule has 0 spiro atoms. The third kappa shape index (κ3) is 4.92. The fraction of sp³-hybridized carbons (Fsp3) is 0.875. The Labute approximate surface area is 134 Å². The van der Waals surface area contributed by atoms with Crippen LogP contribution in [0.1, 0.15) is 51.9 Å². The average Bonchev–Trinajstić information content (AvgIpc) is 2.75. The highest BCUT2D eigenvalue weighted by molar-refractivity contribution is 7.80. The third-order valence-corrected chi connectivity index (χ3v) is 5.41. The standard InChI is InChI=1S/C16H29N3OS/c1-13(16(17)21)18-8-10-19(11-9-18)15(20)12-14-6-4-2-3-5-7-14/h13-14H,2-12H2,1H3,(H2,17,21). The Morgan fingerprint density at radius 3 is 2.24 bits per heavy atom. The number of thiocarbonyl (C=S) groups is 1. The number of hydrogen-bond donors (Lipinski definition) is 1. The van der Waals surface area contributed by atoms with Crippen molar-refractivity contribution >= 4 is 23.1 Å². The lowest BCUT2D eigenvalue weighted by atomic mass is 9.96. The average molecular weight is 311 g/mol. The number of hydrogen-bond acceptors (Lipinski definition) is 3. The van der Waals surface area contributed by atoms with Gasteiger partial charge in [0.15, 0.2) is 0 Å². The summed E-state index contributed by atoms with van der Waals surface area (Å²) >= 11 is 5.06. The SMILES string of the molecule is CC(C(N)=S)N1CCN(C(=O)CC2CCCCCC2)CC1. The Bertz CT molecular complexity index is 359. The minimum absolute atomic E-state index is 0.138. The van der Waals surface area contributed by atoms with E-state index < -0.39 is 0 Å². The second kappa shape index (κ2) is 8.08. The summed E-state index contributed by atoms with van der Waals surface area (Å²) in [5, 5.41) is 0. The number of nitrogens with zero attached hydrogens (tertiary/aromatic N) is 2. The molecule has 1 amide bonds. The van der Waals surface area contributed by atoms with Gasteiger partial charge in [-0.2, -0.15) is 0 Å². The fourth-order valence-corrected chi connectivity index (χ4v) is 3.63. The quantitative estimate of drug-likeness (QED) is 0.638. The summed E-state index contributed by atoms with van der Waals surface area (Å²) < 4.78 is 0. The molecular formula is C16H29N3OS. The van der Waals surface area contributed by atoms with Crippen LogP contribution in [0.15, 0.2) is 0 Å². The van der Waals surface area contributed by atoms with E-state index in [9.17, 15) is 4.79 Å². The molecule has 120 valence electrons. The molecule has 5 heteroatoms. The molecule has 1 saturated heterocycles. The predicted molar refractivity (Wildman–Crippen MR) is 90.2 cm³/mol. The van der Waals surface area contributed by atoms with E-state index in [0.717, 1.165) is 32.6 Å². The van der Waals surface area contributed by atoms with Gasteiger partial charge in [0.25, 0.3) is 0 Å². The lowest BCUT2D eigenvalue weighted by Crippen LogP contribution is -2.54. The van der Waals surface area contributed by atoms with E-state index in [1.807, 2.05) is 11.8 Å². The van der Waals surface area contributed by atoms with Crippen LogP contribution in [0.2, 0.25) is 0 Å². The van der Waals surface area contributed by atoms with Crippen LogP contribution < -0.4 is 5.73 Å². The zero-order chi connectivity index (χ0) is 15.2. The van der Waals surface area contributed by atoms with Crippen molar-refractivity contribution in [3.8, 4) is 0 Å². The van der Waals surface area contributed by atoms with Crippen LogP contribution in [0.5, 0.6) is 0 Å². The fourth-order valence-electron chi connectivity index (χ4n) is 3.48. The maximum Gasteiger partial charge on any atom is 0.222 e. The van der Waals surface area contributed by atoms with Crippen molar-refractivity contribution in [3.63, 3.8) is 0 Å². The maximum atomic E-state index is 12.4. The van der Waals surface area contributed by atoms with Gasteiger partial charge in [-0.05, 0) is 25.7 Å². The monoisotopic (exact) mass is 311 g/mol. The smallest absolute Gasteiger partial charge is 0.222 e. The third-order valence-electron chi connectivity index (χ3n) is 5.06.